The number of rotatable bonds is 0. The van der Waals surface area contributed by atoms with Crippen molar-refractivity contribution < 1.29 is 0 Å². The first kappa shape index (κ1) is 6.17. The Morgan fingerprint density at radius 2 is 2.50 bits per heavy atom. The molecule has 2 aliphatic rings. The van der Waals surface area contributed by atoms with Crippen LogP contribution < -0.4 is 5.32 Å². The summed E-state index contributed by atoms with van der Waals surface area (Å²) < 4.78 is 0. The Bertz CT molecular complexity index is 179. The Labute approximate surface area is 61.8 Å². The van der Waals surface area contributed by atoms with Gasteiger partial charge in [0, 0.05) is 12.6 Å². The molecule has 1 unspecified atom stereocenters. The summed E-state index contributed by atoms with van der Waals surface area (Å²) in [7, 11) is 0. The van der Waals surface area contributed by atoms with Crippen LogP contribution >= 0.6 is 0 Å². The highest BCUT2D eigenvalue weighted by atomic mass is 14.9. The predicted molar refractivity (Wildman–Crippen MR) is 42.3 cm³/mol. The first-order valence-corrected chi connectivity index (χ1v) is 3.90. The van der Waals surface area contributed by atoms with Crippen molar-refractivity contribution in [1.29, 1.82) is 0 Å². The second-order valence-corrected chi connectivity index (χ2v) is 2.83. The van der Waals surface area contributed by atoms with Gasteiger partial charge < -0.3 is 5.32 Å². The lowest BCUT2D eigenvalue weighted by atomic mass is 9.93. The molecule has 1 saturated heterocycles. The molecule has 1 nitrogen and oxygen atoms in total. The van der Waals surface area contributed by atoms with E-state index in [-0.39, 0.29) is 0 Å². The molecule has 1 heterocycles. The molecule has 10 heavy (non-hydrogen) atoms. The van der Waals surface area contributed by atoms with Crippen LogP contribution in [0.2, 0.25) is 0 Å². The highest BCUT2D eigenvalue weighted by molar-refractivity contribution is 5.26. The highest BCUT2D eigenvalue weighted by Gasteiger charge is 2.16. The average molecular weight is 134 g/mol. The molecule has 1 aliphatic carbocycles. The molecule has 0 bridgehead atoms. The number of hydrogen-bond acceptors (Lipinski definition) is 1. The summed E-state index contributed by atoms with van der Waals surface area (Å²) in [5, 5.41) is 3.34. The SMILES string of the molecule is [CH]1CCC2=CCC=CC2N1. The van der Waals surface area contributed by atoms with E-state index < -0.39 is 0 Å². The molecule has 1 N–H and O–H groups in total. The molecule has 53 valence electrons. The monoisotopic (exact) mass is 134 g/mol. The van der Waals surface area contributed by atoms with Crippen molar-refractivity contribution in [1.82, 2.24) is 5.32 Å². The van der Waals surface area contributed by atoms with Crippen molar-refractivity contribution >= 4 is 0 Å². The fraction of sp³-hybridized carbons (Fsp3) is 0.444. The summed E-state index contributed by atoms with van der Waals surface area (Å²) in [6.07, 6.45) is 10.4. The zero-order valence-electron chi connectivity index (χ0n) is 6.01. The molecular formula is C9H12N. The molecule has 1 heteroatoms. The molecular weight excluding hydrogens is 122 g/mol. The number of nitrogens with one attached hydrogen (secondary N) is 1. The molecule has 0 saturated carbocycles. The number of fused-ring (bicyclic) bond motifs is 1. The van der Waals surface area contributed by atoms with Crippen LogP contribution in [0.5, 0.6) is 0 Å². The highest BCUT2D eigenvalue weighted by Crippen LogP contribution is 2.21. The third-order valence-electron chi connectivity index (χ3n) is 2.12. The maximum atomic E-state index is 3.34. The largest absolute Gasteiger partial charge is 0.303 e. The third kappa shape index (κ3) is 1.01. The molecule has 2 rings (SSSR count). The van der Waals surface area contributed by atoms with Crippen molar-refractivity contribution in [2.45, 2.75) is 25.3 Å². The third-order valence-corrected chi connectivity index (χ3v) is 2.12. The van der Waals surface area contributed by atoms with Gasteiger partial charge in [0.25, 0.3) is 0 Å². The van der Waals surface area contributed by atoms with Crippen LogP contribution in [-0.4, -0.2) is 6.04 Å². The van der Waals surface area contributed by atoms with Crippen LogP contribution in [0.4, 0.5) is 0 Å². The minimum Gasteiger partial charge on any atom is -0.303 e. The van der Waals surface area contributed by atoms with E-state index in [1.807, 2.05) is 0 Å². The molecule has 0 amide bonds. The van der Waals surface area contributed by atoms with E-state index in [1.165, 1.54) is 12.8 Å². The maximum absolute atomic E-state index is 3.34. The Morgan fingerprint density at radius 1 is 1.50 bits per heavy atom. The topological polar surface area (TPSA) is 12.0 Å². The lowest BCUT2D eigenvalue weighted by Gasteiger charge is -2.25. The van der Waals surface area contributed by atoms with E-state index in [4.69, 9.17) is 0 Å². The van der Waals surface area contributed by atoms with Gasteiger partial charge in [0.2, 0.25) is 0 Å². The van der Waals surface area contributed by atoms with Crippen LogP contribution in [0.15, 0.2) is 23.8 Å². The fourth-order valence-electron chi connectivity index (χ4n) is 1.55. The Hall–Kier alpha value is -0.560. The molecule has 0 spiro atoms. The minimum atomic E-state index is 0.530. The first-order valence-electron chi connectivity index (χ1n) is 3.90. The average Bonchev–Trinajstić information content (AvgIpc) is 2.05. The summed E-state index contributed by atoms with van der Waals surface area (Å²) in [6, 6.07) is 0.530. The number of allylic oxidation sites excluding steroid dienone is 2. The van der Waals surface area contributed by atoms with Crippen molar-refractivity contribution in [2.24, 2.45) is 0 Å². The summed E-state index contributed by atoms with van der Waals surface area (Å²) in [4.78, 5) is 0. The Morgan fingerprint density at radius 3 is 3.40 bits per heavy atom. The van der Waals surface area contributed by atoms with Crippen molar-refractivity contribution in [2.75, 3.05) is 0 Å². The molecule has 0 aromatic rings. The van der Waals surface area contributed by atoms with Gasteiger partial charge in [-0.2, -0.15) is 0 Å². The summed E-state index contributed by atoms with van der Waals surface area (Å²) in [5.41, 5.74) is 1.57. The van der Waals surface area contributed by atoms with Crippen LogP contribution in [0, 0.1) is 6.54 Å². The van der Waals surface area contributed by atoms with E-state index in [1.54, 1.807) is 5.57 Å². The predicted octanol–water partition coefficient (Wildman–Crippen LogP) is 1.79. The maximum Gasteiger partial charge on any atom is 0.0468 e. The van der Waals surface area contributed by atoms with Gasteiger partial charge in [0.05, 0.1) is 0 Å². The van der Waals surface area contributed by atoms with Gasteiger partial charge in [0.1, 0.15) is 0 Å². The molecule has 1 atom stereocenters. The van der Waals surface area contributed by atoms with Gasteiger partial charge in [-0.15, -0.1) is 0 Å². The number of piperidine rings is 1. The minimum absolute atomic E-state index is 0.530. The van der Waals surface area contributed by atoms with E-state index in [0.29, 0.717) is 6.04 Å². The van der Waals surface area contributed by atoms with E-state index in [2.05, 4.69) is 30.1 Å². The quantitative estimate of drug-likeness (QED) is 0.498. The smallest absolute Gasteiger partial charge is 0.0468 e. The number of hydrogen-bond donors (Lipinski definition) is 1. The lowest BCUT2D eigenvalue weighted by molar-refractivity contribution is 0.606. The fourth-order valence-corrected chi connectivity index (χ4v) is 1.55. The summed E-state index contributed by atoms with van der Waals surface area (Å²) >= 11 is 0. The second kappa shape index (κ2) is 2.59. The second-order valence-electron chi connectivity index (χ2n) is 2.83. The van der Waals surface area contributed by atoms with Gasteiger partial charge in [-0.1, -0.05) is 23.8 Å². The summed E-state index contributed by atoms with van der Waals surface area (Å²) in [6.45, 7) is 2.16. The van der Waals surface area contributed by atoms with Crippen LogP contribution in [0.25, 0.3) is 0 Å². The molecule has 1 aliphatic heterocycles. The van der Waals surface area contributed by atoms with E-state index in [0.717, 1.165) is 6.42 Å². The first-order chi connectivity index (χ1) is 4.97. The van der Waals surface area contributed by atoms with Gasteiger partial charge in [-0.05, 0) is 19.3 Å². The zero-order chi connectivity index (χ0) is 6.81. The van der Waals surface area contributed by atoms with Gasteiger partial charge >= 0.3 is 0 Å². The van der Waals surface area contributed by atoms with Crippen LogP contribution in [0.1, 0.15) is 19.3 Å². The standard InChI is InChI=1S/C9H12N/c1-2-6-9-8(4-1)5-3-7-10-9/h2,4,6-7,9-10H,1,3,5H2. The van der Waals surface area contributed by atoms with Crippen molar-refractivity contribution in [3.05, 3.63) is 30.3 Å². The normalized spacial score (nSPS) is 31.2. The van der Waals surface area contributed by atoms with E-state index >= 15 is 0 Å². The van der Waals surface area contributed by atoms with Crippen molar-refractivity contribution in [3.8, 4) is 0 Å². The van der Waals surface area contributed by atoms with E-state index in [9.17, 15) is 0 Å². The molecule has 0 aromatic carbocycles. The lowest BCUT2D eigenvalue weighted by Crippen LogP contribution is -2.31. The van der Waals surface area contributed by atoms with Crippen LogP contribution in [0.3, 0.4) is 0 Å². The van der Waals surface area contributed by atoms with Crippen molar-refractivity contribution in [3.63, 3.8) is 0 Å². The Kier molecular flexibility index (Phi) is 1.60. The molecule has 1 radical (unpaired) electrons. The van der Waals surface area contributed by atoms with Crippen LogP contribution in [-0.2, 0) is 0 Å². The molecule has 1 fully saturated rings. The van der Waals surface area contributed by atoms with Gasteiger partial charge in [-0.25, -0.2) is 0 Å². The Balaban J connectivity index is 2.13. The zero-order valence-corrected chi connectivity index (χ0v) is 6.01. The van der Waals surface area contributed by atoms with Gasteiger partial charge in [0.15, 0.2) is 0 Å². The van der Waals surface area contributed by atoms with Gasteiger partial charge in [-0.3, -0.25) is 0 Å². The molecule has 0 aromatic heterocycles. The summed E-state index contributed by atoms with van der Waals surface area (Å²) in [5.74, 6) is 0.